The van der Waals surface area contributed by atoms with E-state index < -0.39 is 30.1 Å². The average Bonchev–Trinajstić information content (AvgIpc) is 2.32. The van der Waals surface area contributed by atoms with Crippen LogP contribution in [0.5, 0.6) is 0 Å². The topological polar surface area (TPSA) is 114 Å². The maximum absolute atomic E-state index is 11.1. The third-order valence-corrected chi connectivity index (χ3v) is 1.48. The van der Waals surface area contributed by atoms with Crippen molar-refractivity contribution in [3.05, 3.63) is 13.1 Å². The van der Waals surface area contributed by atoms with Crippen molar-refractivity contribution >= 4 is 23.7 Å². The fourth-order valence-corrected chi connectivity index (χ4v) is 0.664. The molecule has 21 heavy (non-hydrogen) atoms. The van der Waals surface area contributed by atoms with Crippen LogP contribution in [-0.4, -0.2) is 37.8 Å². The Bertz CT molecular complexity index is 301. The number of amides is 3. The van der Waals surface area contributed by atoms with E-state index in [0.29, 0.717) is 0 Å². The van der Waals surface area contributed by atoms with Crippen LogP contribution < -0.4 is 16.0 Å². The van der Waals surface area contributed by atoms with Crippen LogP contribution in [-0.2, 0) is 106 Å². The van der Waals surface area contributed by atoms with Gasteiger partial charge in [-0.05, 0) is 0 Å². The van der Waals surface area contributed by atoms with Crippen LogP contribution >= 0.6 is 0 Å². The zero-order valence-electron chi connectivity index (χ0n) is 10.9. The molecule has 0 saturated heterocycles. The number of carbonyl (C=O) groups excluding carboxylic acids is 4. The molecule has 0 aromatic heterocycles. The fraction of sp³-hybridized carbons (Fsp3) is 0.333. The minimum Gasteiger partial charge on any atom is -0.490 e. The number of nitrogens with one attached hydrogen (secondary N) is 3. The van der Waals surface area contributed by atoms with Crippen molar-refractivity contribution in [1.29, 1.82) is 0 Å². The Morgan fingerprint density at radius 3 is 1.71 bits per heavy atom. The number of hydrogen-bond acceptors (Lipinski definition) is 5. The van der Waals surface area contributed by atoms with Crippen LogP contribution in [0.2, 0.25) is 0 Å². The van der Waals surface area contributed by atoms with E-state index in [1.165, 1.54) is 7.05 Å². The second-order valence-corrected chi connectivity index (χ2v) is 2.74. The average molecular weight is 988 g/mol. The molecule has 0 bridgehead atoms. The van der Waals surface area contributed by atoms with Crippen molar-refractivity contribution in [1.82, 2.24) is 16.0 Å². The Morgan fingerprint density at radius 2 is 1.33 bits per heavy atom. The molecule has 0 aliphatic heterocycles. The van der Waals surface area contributed by atoms with E-state index in [0.717, 1.165) is 20.2 Å². The Morgan fingerprint density at radius 1 is 0.905 bits per heavy atom. The number of carbonyl (C=O) groups is 4. The Kier molecular flexibility index (Phi) is 31.9. The van der Waals surface area contributed by atoms with Gasteiger partial charge in [0.1, 0.15) is 12.3 Å². The summed E-state index contributed by atoms with van der Waals surface area (Å²) in [7, 11) is 2.54. The minimum atomic E-state index is -0.740. The van der Waals surface area contributed by atoms with Gasteiger partial charge in [0.15, 0.2) is 5.97 Å². The first-order valence-electron chi connectivity index (χ1n) is 4.54. The first kappa shape index (κ1) is 33.0. The van der Waals surface area contributed by atoms with E-state index in [1.807, 2.05) is 0 Å². The van der Waals surface area contributed by atoms with Crippen molar-refractivity contribution in [3.63, 3.8) is 0 Å². The van der Waals surface area contributed by atoms with Crippen molar-refractivity contribution in [2.75, 3.05) is 14.2 Å². The van der Waals surface area contributed by atoms with Crippen LogP contribution in [0.4, 0.5) is 0 Å². The van der Waals surface area contributed by atoms with Crippen LogP contribution in [0, 0.1) is 13.1 Å². The molecule has 0 spiro atoms. The number of methoxy groups -OCH3 is 1. The Balaban J connectivity index is -0.000000213. The molecule has 0 saturated carbocycles. The molecule has 0 aromatic carbocycles. The van der Waals surface area contributed by atoms with E-state index >= 15 is 0 Å². The minimum absolute atomic E-state index is 0. The van der Waals surface area contributed by atoms with Gasteiger partial charge in [-0.15, -0.1) is 0 Å². The first-order valence-corrected chi connectivity index (χ1v) is 4.54. The summed E-state index contributed by atoms with van der Waals surface area (Å²) < 4.78 is 4.23. The van der Waals surface area contributed by atoms with Gasteiger partial charge in [0, 0.05) is 88.7 Å². The maximum atomic E-state index is 11.1. The third-order valence-electron chi connectivity index (χ3n) is 1.48. The van der Waals surface area contributed by atoms with E-state index in [1.54, 1.807) is 0 Å². The summed E-state index contributed by atoms with van der Waals surface area (Å²) in [5.41, 5.74) is 0. The molecular weight excluding hydrogens is 975 g/mol. The number of esters is 1. The number of likely N-dealkylation sites (N-methyl/N-ethyl adjacent to an activating group) is 1. The molecule has 3 amide bonds. The number of hydrogen-bond donors (Lipinski definition) is 3. The predicted octanol–water partition coefficient (Wildman–Crippen LogP) is -2.16. The summed E-state index contributed by atoms with van der Waals surface area (Å²) in [6, 6.07) is 0. The van der Waals surface area contributed by atoms with Gasteiger partial charge in [-0.1, -0.05) is 0 Å². The summed E-state index contributed by atoms with van der Waals surface area (Å²) >= 11 is 0. The zero-order chi connectivity index (χ0) is 13.3. The monoisotopic (exact) mass is 991 g/mol. The number of ether oxygens (including phenoxy) is 1. The summed E-state index contributed by atoms with van der Waals surface area (Å²) in [5, 5.41) is 6.40. The summed E-state index contributed by atoms with van der Waals surface area (Å²) in [4.78, 5) is 43.4. The molecule has 8 nitrogen and oxygen atoms in total. The van der Waals surface area contributed by atoms with E-state index in [9.17, 15) is 19.2 Å². The molecule has 3 N–H and O–H groups in total. The molecule has 0 aromatic rings. The molecule has 0 unspecified atom stereocenters. The zero-order valence-corrected chi connectivity index (χ0v) is 21.8. The molecule has 0 rings (SSSR count). The van der Waals surface area contributed by atoms with Crippen LogP contribution in [0.1, 0.15) is 6.42 Å². The van der Waals surface area contributed by atoms with Crippen molar-refractivity contribution in [3.8, 4) is 0 Å². The molecule has 0 heterocycles. The molecule has 12 heteroatoms. The summed E-state index contributed by atoms with van der Waals surface area (Å²) in [6.45, 7) is 1.68. The largest absolute Gasteiger partial charge is 0.490 e. The van der Waals surface area contributed by atoms with Crippen LogP contribution in [0.3, 0.4) is 0 Å². The van der Waals surface area contributed by atoms with Gasteiger partial charge in [-0.3, -0.25) is 14.4 Å². The standard InChI is InChI=1S/C9H13N3O5.4Re/c1-10-8(15)4-11-6(13)3-7(14)12-5-9(16)17-2;;;;/h4-5H,3H2,1-2H3,(H,10,15)(H,11,13)(H,12,14);;;;/q-2;;;;. The molecule has 0 fully saturated rings. The number of rotatable bonds is 6. The van der Waals surface area contributed by atoms with Gasteiger partial charge in [0.2, 0.25) is 11.8 Å². The summed E-state index contributed by atoms with van der Waals surface area (Å²) in [5.74, 6) is -2.61. The second-order valence-electron chi connectivity index (χ2n) is 2.74. The van der Waals surface area contributed by atoms with Gasteiger partial charge in [0.25, 0.3) is 0 Å². The Hall–Kier alpha value is 0.269. The quantitative estimate of drug-likeness (QED) is 0.160. The SMILES string of the molecule is CNC(=O)[CH-]NC(=O)CC(=O)N[CH-]C(=O)OC.[Re].[Re].[Re].[Re]. The normalized spacial score (nSPS) is 6.95. The predicted molar refractivity (Wildman–Crippen MR) is 55.6 cm³/mol. The van der Waals surface area contributed by atoms with E-state index in [4.69, 9.17) is 0 Å². The molecule has 0 aliphatic rings. The van der Waals surface area contributed by atoms with Crippen molar-refractivity contribution < 1.29 is 106 Å². The molecule has 124 valence electrons. The van der Waals surface area contributed by atoms with Crippen molar-refractivity contribution in [2.45, 2.75) is 6.42 Å². The Labute approximate surface area is 177 Å². The smallest absolute Gasteiger partial charge is 0.203 e. The summed E-state index contributed by atoms with van der Waals surface area (Å²) in [6.07, 6.45) is -0.513. The van der Waals surface area contributed by atoms with Gasteiger partial charge >= 0.3 is 0 Å². The first-order chi connectivity index (χ1) is 7.99. The third kappa shape index (κ3) is 20.3. The van der Waals surface area contributed by atoms with Gasteiger partial charge in [-0.2, -0.15) is 6.54 Å². The van der Waals surface area contributed by atoms with Crippen LogP contribution in [0.25, 0.3) is 0 Å². The molecule has 4 radical (unpaired) electrons. The van der Waals surface area contributed by atoms with E-state index in [-0.39, 0.29) is 81.7 Å². The van der Waals surface area contributed by atoms with Gasteiger partial charge in [-0.25, -0.2) is 6.54 Å². The second kappa shape index (κ2) is 20.3. The van der Waals surface area contributed by atoms with E-state index in [2.05, 4.69) is 20.7 Å². The van der Waals surface area contributed by atoms with Gasteiger partial charge < -0.3 is 25.5 Å². The maximum Gasteiger partial charge on any atom is 0.203 e. The molecule has 0 atom stereocenters. The van der Waals surface area contributed by atoms with Crippen molar-refractivity contribution in [2.24, 2.45) is 0 Å². The van der Waals surface area contributed by atoms with Crippen LogP contribution in [0.15, 0.2) is 0 Å². The fourth-order valence-electron chi connectivity index (χ4n) is 0.664. The molecular formula is C9H13N3O5Re4-2. The molecule has 0 aliphatic carbocycles. The van der Waals surface area contributed by atoms with Gasteiger partial charge in [0.05, 0.1) is 7.11 Å².